The second-order valence-electron chi connectivity index (χ2n) is 12.6. The number of hydrogen-bond donors (Lipinski definition) is 3. The van der Waals surface area contributed by atoms with Gasteiger partial charge >= 0.3 is 19.8 Å². The Bertz CT molecular complexity index is 1100. The lowest BCUT2D eigenvalue weighted by Crippen LogP contribution is -2.29. The van der Waals surface area contributed by atoms with E-state index in [9.17, 15) is 24.2 Å². The van der Waals surface area contributed by atoms with Crippen LogP contribution in [0.3, 0.4) is 0 Å². The third kappa shape index (κ3) is 35.8. The summed E-state index contributed by atoms with van der Waals surface area (Å²) in [5, 5.41) is 9.99. The fourth-order valence-electron chi connectivity index (χ4n) is 4.75. The molecule has 3 unspecified atom stereocenters. The van der Waals surface area contributed by atoms with E-state index in [1.165, 1.54) is 25.7 Å². The Balaban J connectivity index is 4.42. The van der Waals surface area contributed by atoms with Crippen LogP contribution in [0, 0.1) is 0 Å². The van der Waals surface area contributed by atoms with Gasteiger partial charge in [-0.3, -0.25) is 18.6 Å². The molecular weight excluding hydrogens is 681 g/mol. The molecular formula is C41H70NO9P. The van der Waals surface area contributed by atoms with Crippen molar-refractivity contribution >= 4 is 19.8 Å². The van der Waals surface area contributed by atoms with E-state index in [4.69, 9.17) is 24.3 Å². The van der Waals surface area contributed by atoms with Gasteiger partial charge in [-0.05, 0) is 70.6 Å². The Hall–Kier alpha value is -2.59. The van der Waals surface area contributed by atoms with Gasteiger partial charge in [0.1, 0.15) is 6.61 Å². The van der Waals surface area contributed by atoms with Crippen molar-refractivity contribution in [1.82, 2.24) is 0 Å². The molecule has 0 spiro atoms. The molecule has 10 nitrogen and oxygen atoms in total. The summed E-state index contributed by atoms with van der Waals surface area (Å²) in [6.07, 6.45) is 39.7. The Kier molecular flexibility index (Phi) is 34.9. The molecule has 0 bridgehead atoms. The van der Waals surface area contributed by atoms with Gasteiger partial charge < -0.3 is 25.2 Å². The number of carbonyl (C=O) groups is 2. The van der Waals surface area contributed by atoms with Gasteiger partial charge in [-0.1, -0.05) is 125 Å². The van der Waals surface area contributed by atoms with E-state index in [0.717, 1.165) is 51.4 Å². The topological polar surface area (TPSA) is 155 Å². The van der Waals surface area contributed by atoms with Gasteiger partial charge in [-0.25, -0.2) is 4.57 Å². The number of rotatable bonds is 35. The molecule has 0 radical (unpaired) electrons. The largest absolute Gasteiger partial charge is 0.472 e. The van der Waals surface area contributed by atoms with Crippen LogP contribution in [-0.4, -0.2) is 60.5 Å². The first-order chi connectivity index (χ1) is 25.2. The molecule has 0 saturated heterocycles. The zero-order chi connectivity index (χ0) is 38.4. The number of unbranched alkanes of at least 4 members (excludes halogenated alkanes) is 10. The third-order valence-corrected chi connectivity index (χ3v) is 8.64. The summed E-state index contributed by atoms with van der Waals surface area (Å²) in [5.41, 5.74) is 5.32. The van der Waals surface area contributed by atoms with Gasteiger partial charge in [-0.2, -0.15) is 0 Å². The zero-order valence-corrected chi connectivity index (χ0v) is 33.0. The van der Waals surface area contributed by atoms with Gasteiger partial charge in [-0.15, -0.1) is 0 Å². The number of hydrogen-bond acceptors (Lipinski definition) is 9. The maximum Gasteiger partial charge on any atom is 0.472 e. The highest BCUT2D eigenvalue weighted by atomic mass is 31.2. The van der Waals surface area contributed by atoms with E-state index in [0.29, 0.717) is 32.1 Å². The molecule has 0 fully saturated rings. The van der Waals surface area contributed by atoms with Crippen LogP contribution in [0.25, 0.3) is 0 Å². The first-order valence-electron chi connectivity index (χ1n) is 19.5. The summed E-state index contributed by atoms with van der Waals surface area (Å²) in [7, 11) is -4.41. The average molecular weight is 752 g/mol. The Morgan fingerprint density at radius 2 is 1.31 bits per heavy atom. The first-order valence-corrected chi connectivity index (χ1v) is 21.0. The van der Waals surface area contributed by atoms with Gasteiger partial charge in [0.2, 0.25) is 0 Å². The molecule has 52 heavy (non-hydrogen) atoms. The number of carbonyl (C=O) groups excluding carboxylic acids is 2. The minimum Gasteiger partial charge on any atom is -0.462 e. The fourth-order valence-corrected chi connectivity index (χ4v) is 5.51. The van der Waals surface area contributed by atoms with Crippen molar-refractivity contribution in [2.75, 3.05) is 26.4 Å². The number of aliphatic hydroxyl groups excluding tert-OH is 1. The number of allylic oxidation sites excluding steroid dienone is 10. The zero-order valence-electron chi connectivity index (χ0n) is 32.1. The second-order valence-corrected chi connectivity index (χ2v) is 14.1. The number of aliphatic hydroxyl groups is 1. The van der Waals surface area contributed by atoms with E-state index < -0.39 is 38.6 Å². The summed E-state index contributed by atoms with van der Waals surface area (Å²) in [6, 6.07) is 0. The fraction of sp³-hybridized carbons (Fsp3) is 0.659. The summed E-state index contributed by atoms with van der Waals surface area (Å²) in [4.78, 5) is 34.7. The second kappa shape index (κ2) is 36.8. The minimum atomic E-state index is -4.41. The van der Waals surface area contributed by atoms with Crippen LogP contribution in [0.1, 0.15) is 136 Å². The van der Waals surface area contributed by atoms with Crippen LogP contribution in [-0.2, 0) is 32.7 Å². The minimum absolute atomic E-state index is 0.0297. The van der Waals surface area contributed by atoms with E-state index in [-0.39, 0.29) is 32.6 Å². The maximum absolute atomic E-state index is 12.5. The van der Waals surface area contributed by atoms with Gasteiger partial charge in [0.15, 0.2) is 6.10 Å². The number of ether oxygens (including phenoxy) is 2. The Morgan fingerprint density at radius 3 is 2.04 bits per heavy atom. The van der Waals surface area contributed by atoms with E-state index in [1.807, 2.05) is 42.5 Å². The lowest BCUT2D eigenvalue weighted by atomic mass is 10.1. The lowest BCUT2D eigenvalue weighted by Gasteiger charge is -2.19. The molecule has 4 N–H and O–H groups in total. The molecule has 0 saturated carbocycles. The van der Waals surface area contributed by atoms with E-state index in [2.05, 4.69) is 38.2 Å². The van der Waals surface area contributed by atoms with Gasteiger partial charge in [0, 0.05) is 19.4 Å². The van der Waals surface area contributed by atoms with Crippen LogP contribution in [0.5, 0.6) is 0 Å². The molecule has 0 heterocycles. The standard InChI is InChI=1S/C41H70NO9P/c1-3-5-7-9-11-12-13-14-15-16-20-24-28-32-40(44)48-36-39(37-50-52(46,47)49-35-34-42)51-41(45)33-29-25-21-18-17-19-23-27-31-38(43)30-26-22-10-8-6-4-2/h6,8,12-13,18-19,21-23,26-27,31,38-39,43H,3-5,7,9-11,14-17,20,24-25,28-30,32-37,42H2,1-2H3,(H,46,47)/b8-6-,13-12-,21-18-,23-19-,26-22-,31-27+. The van der Waals surface area contributed by atoms with Crippen LogP contribution in [0.4, 0.5) is 0 Å². The first kappa shape index (κ1) is 49.4. The van der Waals surface area contributed by atoms with Crippen molar-refractivity contribution in [1.29, 1.82) is 0 Å². The smallest absolute Gasteiger partial charge is 0.462 e. The van der Waals surface area contributed by atoms with Crippen molar-refractivity contribution in [3.05, 3.63) is 72.9 Å². The lowest BCUT2D eigenvalue weighted by molar-refractivity contribution is -0.161. The Labute approximate surface area is 314 Å². The summed E-state index contributed by atoms with van der Waals surface area (Å²) in [6.45, 7) is 3.40. The molecule has 0 aromatic heterocycles. The van der Waals surface area contributed by atoms with Crippen LogP contribution < -0.4 is 5.73 Å². The van der Waals surface area contributed by atoms with Crippen LogP contribution >= 0.6 is 7.82 Å². The predicted molar refractivity (Wildman–Crippen MR) is 212 cm³/mol. The summed E-state index contributed by atoms with van der Waals surface area (Å²) in [5.74, 6) is -0.955. The molecule has 0 aromatic carbocycles. The maximum atomic E-state index is 12.5. The highest BCUT2D eigenvalue weighted by Gasteiger charge is 2.25. The molecule has 0 aliphatic carbocycles. The van der Waals surface area contributed by atoms with Crippen molar-refractivity contribution in [3.8, 4) is 0 Å². The molecule has 3 atom stereocenters. The molecule has 0 aromatic rings. The van der Waals surface area contributed by atoms with Crippen molar-refractivity contribution < 1.29 is 42.7 Å². The van der Waals surface area contributed by atoms with E-state index in [1.54, 1.807) is 6.08 Å². The molecule has 298 valence electrons. The van der Waals surface area contributed by atoms with Crippen molar-refractivity contribution in [3.63, 3.8) is 0 Å². The summed E-state index contributed by atoms with van der Waals surface area (Å²) >= 11 is 0. The SMILES string of the molecule is CC/C=C\C/C=C\CC(O)/C=C/C=C\C/C=C\CCCC(=O)OC(COC(=O)CCCCCCC/C=C\CCCCCC)COP(=O)(O)OCCN. The Morgan fingerprint density at radius 1 is 0.692 bits per heavy atom. The summed E-state index contributed by atoms with van der Waals surface area (Å²) < 4.78 is 32.6. The number of esters is 2. The van der Waals surface area contributed by atoms with Crippen molar-refractivity contribution in [2.45, 2.75) is 148 Å². The van der Waals surface area contributed by atoms with Gasteiger partial charge in [0.05, 0.1) is 19.3 Å². The number of phosphoric ester groups is 1. The third-order valence-electron chi connectivity index (χ3n) is 7.66. The molecule has 0 rings (SSSR count). The van der Waals surface area contributed by atoms with E-state index >= 15 is 0 Å². The molecule has 11 heteroatoms. The quantitative estimate of drug-likeness (QED) is 0.0187. The molecule has 0 aliphatic rings. The molecule has 0 aliphatic heterocycles. The highest BCUT2D eigenvalue weighted by molar-refractivity contribution is 7.47. The van der Waals surface area contributed by atoms with Crippen LogP contribution in [0.15, 0.2) is 72.9 Å². The normalized spacial score (nSPS) is 14.8. The van der Waals surface area contributed by atoms with Crippen LogP contribution in [0.2, 0.25) is 0 Å². The molecule has 0 amide bonds. The van der Waals surface area contributed by atoms with Gasteiger partial charge in [0.25, 0.3) is 0 Å². The highest BCUT2D eigenvalue weighted by Crippen LogP contribution is 2.43. The monoisotopic (exact) mass is 751 g/mol. The number of nitrogens with two attached hydrogens (primary N) is 1. The van der Waals surface area contributed by atoms with Crippen molar-refractivity contribution in [2.24, 2.45) is 5.73 Å². The number of phosphoric acid groups is 1. The average Bonchev–Trinajstić information content (AvgIpc) is 3.12. The predicted octanol–water partition coefficient (Wildman–Crippen LogP) is 9.68.